The molecule has 2 amide bonds. The number of benzene rings is 1. The lowest BCUT2D eigenvalue weighted by atomic mass is 10.1. The first kappa shape index (κ1) is 22.4. The molecule has 0 bridgehead atoms. The third-order valence-corrected chi connectivity index (χ3v) is 6.36. The fraction of sp³-hybridized carbons (Fsp3) is 0.600. The van der Waals surface area contributed by atoms with Crippen molar-refractivity contribution in [2.24, 2.45) is 0 Å². The van der Waals surface area contributed by atoms with Crippen molar-refractivity contribution in [2.75, 3.05) is 33.3 Å². The molecule has 2 fully saturated rings. The van der Waals surface area contributed by atoms with Crippen LogP contribution in [0.15, 0.2) is 23.1 Å². The van der Waals surface area contributed by atoms with Gasteiger partial charge in [0.2, 0.25) is 10.0 Å². The van der Waals surface area contributed by atoms with Gasteiger partial charge in [-0.15, -0.1) is 0 Å². The van der Waals surface area contributed by atoms with Crippen molar-refractivity contribution in [2.45, 2.75) is 50.2 Å². The summed E-state index contributed by atoms with van der Waals surface area (Å²) in [6.45, 7) is 6.80. The highest BCUT2D eigenvalue weighted by atomic mass is 32.2. The van der Waals surface area contributed by atoms with Crippen LogP contribution in [0, 0.1) is 0 Å². The Morgan fingerprint density at radius 3 is 2.20 bits per heavy atom. The summed E-state index contributed by atoms with van der Waals surface area (Å²) in [5.41, 5.74) is -0.318. The average molecular weight is 440 g/mol. The molecule has 3 rings (SSSR count). The number of amides is 2. The Morgan fingerprint density at radius 2 is 1.67 bits per heavy atom. The van der Waals surface area contributed by atoms with Crippen molar-refractivity contribution in [1.29, 1.82) is 0 Å². The van der Waals surface area contributed by atoms with Gasteiger partial charge in [0.15, 0.2) is 0 Å². The number of sulfonamides is 1. The number of hydrogen-bond donors (Lipinski definition) is 1. The number of nitrogens with zero attached hydrogens (tertiary/aromatic N) is 2. The first-order valence-electron chi connectivity index (χ1n) is 9.98. The smallest absolute Gasteiger partial charge is 0.410 e. The Bertz CT molecular complexity index is 913. The van der Waals surface area contributed by atoms with Crippen molar-refractivity contribution in [3.63, 3.8) is 0 Å². The minimum atomic E-state index is -3.78. The van der Waals surface area contributed by atoms with Gasteiger partial charge in [-0.3, -0.25) is 4.79 Å². The maximum atomic E-state index is 13.0. The van der Waals surface area contributed by atoms with Gasteiger partial charge in [0, 0.05) is 37.8 Å². The summed E-state index contributed by atoms with van der Waals surface area (Å²) in [6, 6.07) is 4.34. The number of ether oxygens (including phenoxy) is 2. The number of carbonyl (C=O) groups excluding carboxylic acids is 2. The van der Waals surface area contributed by atoms with Crippen LogP contribution < -0.4 is 9.46 Å². The van der Waals surface area contributed by atoms with Crippen molar-refractivity contribution >= 4 is 22.0 Å². The van der Waals surface area contributed by atoms with E-state index in [1.165, 1.54) is 19.2 Å². The molecule has 1 N–H and O–H groups in total. The molecule has 10 heteroatoms. The zero-order chi connectivity index (χ0) is 22.1. The van der Waals surface area contributed by atoms with Gasteiger partial charge in [-0.1, -0.05) is 0 Å². The second kappa shape index (κ2) is 8.43. The fourth-order valence-electron chi connectivity index (χ4n) is 3.10. The molecule has 1 heterocycles. The number of hydrogen-bond acceptors (Lipinski definition) is 6. The van der Waals surface area contributed by atoms with Gasteiger partial charge < -0.3 is 19.3 Å². The summed E-state index contributed by atoms with van der Waals surface area (Å²) in [7, 11) is -2.39. The molecule has 0 aromatic heterocycles. The van der Waals surface area contributed by atoms with E-state index in [0.717, 1.165) is 12.8 Å². The molecule has 1 aromatic rings. The molecule has 30 heavy (non-hydrogen) atoms. The number of methoxy groups -OCH3 is 1. The molecule has 9 nitrogen and oxygen atoms in total. The Balaban J connectivity index is 1.70. The van der Waals surface area contributed by atoms with Gasteiger partial charge in [0.05, 0.1) is 7.11 Å². The van der Waals surface area contributed by atoms with Gasteiger partial charge in [0.25, 0.3) is 5.91 Å². The van der Waals surface area contributed by atoms with E-state index in [2.05, 4.69) is 4.72 Å². The molecule has 1 aliphatic heterocycles. The number of carbonyl (C=O) groups is 2. The number of rotatable bonds is 5. The van der Waals surface area contributed by atoms with E-state index in [9.17, 15) is 18.0 Å². The van der Waals surface area contributed by atoms with Gasteiger partial charge >= 0.3 is 6.09 Å². The third-order valence-electron chi connectivity index (χ3n) is 4.82. The van der Waals surface area contributed by atoms with E-state index in [-0.39, 0.29) is 28.2 Å². The molecule has 0 radical (unpaired) electrons. The summed E-state index contributed by atoms with van der Waals surface area (Å²) in [5.74, 6) is -0.0983. The summed E-state index contributed by atoms with van der Waals surface area (Å²) in [4.78, 5) is 28.3. The lowest BCUT2D eigenvalue weighted by molar-refractivity contribution is 0.0141. The standard InChI is InChI=1S/C20H29N3O6S/c1-20(2,3)29-19(25)23-11-9-22(10-12-23)18(24)14-5-8-16(28-4)17(13-14)30(26,27)21-15-6-7-15/h5,8,13,15,21H,6-7,9-12H2,1-4H3. The summed E-state index contributed by atoms with van der Waals surface area (Å²) in [6.07, 6.45) is 1.21. The molecule has 0 spiro atoms. The first-order valence-corrected chi connectivity index (χ1v) is 11.5. The van der Waals surface area contributed by atoms with Crippen LogP contribution in [-0.4, -0.2) is 75.1 Å². The quantitative estimate of drug-likeness (QED) is 0.750. The second-order valence-electron chi connectivity index (χ2n) is 8.52. The normalized spacial score (nSPS) is 17.6. The molecule has 1 aliphatic carbocycles. The van der Waals surface area contributed by atoms with Crippen LogP contribution in [0.5, 0.6) is 5.75 Å². The van der Waals surface area contributed by atoms with Crippen LogP contribution in [0.2, 0.25) is 0 Å². The van der Waals surface area contributed by atoms with Crippen molar-refractivity contribution in [3.8, 4) is 5.75 Å². The van der Waals surface area contributed by atoms with Crippen molar-refractivity contribution in [1.82, 2.24) is 14.5 Å². The zero-order valence-electron chi connectivity index (χ0n) is 17.8. The van der Waals surface area contributed by atoms with Crippen LogP contribution in [0.3, 0.4) is 0 Å². The minimum Gasteiger partial charge on any atom is -0.495 e. The molecule has 166 valence electrons. The third kappa shape index (κ3) is 5.42. The lowest BCUT2D eigenvalue weighted by Crippen LogP contribution is -2.51. The largest absolute Gasteiger partial charge is 0.495 e. The van der Waals surface area contributed by atoms with Crippen molar-refractivity contribution in [3.05, 3.63) is 23.8 Å². The molecule has 1 aromatic carbocycles. The lowest BCUT2D eigenvalue weighted by Gasteiger charge is -2.35. The van der Waals surface area contributed by atoms with E-state index >= 15 is 0 Å². The van der Waals surface area contributed by atoms with Crippen LogP contribution in [0.25, 0.3) is 0 Å². The van der Waals surface area contributed by atoms with Crippen molar-refractivity contribution < 1.29 is 27.5 Å². The van der Waals surface area contributed by atoms with E-state index in [1.807, 2.05) is 0 Å². The van der Waals surface area contributed by atoms with E-state index < -0.39 is 21.7 Å². The molecule has 2 aliphatic rings. The molecular weight excluding hydrogens is 410 g/mol. The predicted octanol–water partition coefficient (Wildman–Crippen LogP) is 1.83. The summed E-state index contributed by atoms with van der Waals surface area (Å²) >= 11 is 0. The molecule has 1 saturated carbocycles. The maximum Gasteiger partial charge on any atom is 0.410 e. The Labute approximate surface area is 177 Å². The van der Waals surface area contributed by atoms with E-state index in [1.54, 1.807) is 36.6 Å². The van der Waals surface area contributed by atoms with Gasteiger partial charge in [-0.2, -0.15) is 0 Å². The minimum absolute atomic E-state index is 0.0462. The molecule has 0 unspecified atom stereocenters. The Hall–Kier alpha value is -2.33. The summed E-state index contributed by atoms with van der Waals surface area (Å²) in [5, 5.41) is 0. The van der Waals surface area contributed by atoms with Gasteiger partial charge in [-0.05, 0) is 51.8 Å². The number of nitrogens with one attached hydrogen (secondary N) is 1. The van der Waals surface area contributed by atoms with Crippen LogP contribution in [0.4, 0.5) is 4.79 Å². The van der Waals surface area contributed by atoms with E-state index in [0.29, 0.717) is 26.2 Å². The van der Waals surface area contributed by atoms with Crippen LogP contribution >= 0.6 is 0 Å². The topological polar surface area (TPSA) is 105 Å². The van der Waals surface area contributed by atoms with Crippen LogP contribution in [-0.2, 0) is 14.8 Å². The molecule has 1 saturated heterocycles. The highest BCUT2D eigenvalue weighted by Gasteiger charge is 2.32. The highest BCUT2D eigenvalue weighted by molar-refractivity contribution is 7.89. The highest BCUT2D eigenvalue weighted by Crippen LogP contribution is 2.29. The molecular formula is C20H29N3O6S. The Morgan fingerprint density at radius 1 is 1.07 bits per heavy atom. The zero-order valence-corrected chi connectivity index (χ0v) is 18.6. The SMILES string of the molecule is COc1ccc(C(=O)N2CCN(C(=O)OC(C)(C)C)CC2)cc1S(=O)(=O)NC1CC1. The summed E-state index contributed by atoms with van der Waals surface area (Å²) < 4.78 is 38.5. The molecule has 0 atom stereocenters. The predicted molar refractivity (Wildman–Crippen MR) is 110 cm³/mol. The maximum absolute atomic E-state index is 13.0. The Kier molecular flexibility index (Phi) is 6.28. The second-order valence-corrected chi connectivity index (χ2v) is 10.2. The van der Waals surface area contributed by atoms with Gasteiger partial charge in [-0.25, -0.2) is 17.9 Å². The average Bonchev–Trinajstić information content (AvgIpc) is 3.49. The first-order chi connectivity index (χ1) is 14.0. The monoisotopic (exact) mass is 439 g/mol. The number of piperazine rings is 1. The fourth-order valence-corrected chi connectivity index (χ4v) is 4.60. The van der Waals surface area contributed by atoms with E-state index in [4.69, 9.17) is 9.47 Å². The van der Waals surface area contributed by atoms with Gasteiger partial charge in [0.1, 0.15) is 16.2 Å². The van der Waals surface area contributed by atoms with Crippen LogP contribution in [0.1, 0.15) is 44.0 Å².